The average Bonchev–Trinajstić information content (AvgIpc) is 3.00. The van der Waals surface area contributed by atoms with E-state index in [1.54, 1.807) is 0 Å². The molecule has 3 rings (SSSR count). The Morgan fingerprint density at radius 3 is 2.89 bits per heavy atom. The smallest absolute Gasteiger partial charge is 0.260 e. The summed E-state index contributed by atoms with van der Waals surface area (Å²) in [6.07, 6.45) is 1.20. The van der Waals surface area contributed by atoms with Gasteiger partial charge in [0.1, 0.15) is 0 Å². The van der Waals surface area contributed by atoms with Crippen LogP contribution in [0.1, 0.15) is 19.2 Å². The molecule has 0 saturated carbocycles. The molecule has 0 amide bonds. The third-order valence-electron chi connectivity index (χ3n) is 3.40. The van der Waals surface area contributed by atoms with Crippen LogP contribution >= 0.6 is 11.8 Å². The molecule has 19 heavy (non-hydrogen) atoms. The largest absolute Gasteiger partial charge is 0.381 e. The first-order valence-corrected chi connectivity index (χ1v) is 7.57. The molecule has 2 aromatic rings. The van der Waals surface area contributed by atoms with Crippen LogP contribution in [0.15, 0.2) is 28.8 Å². The van der Waals surface area contributed by atoms with E-state index < -0.39 is 0 Å². The van der Waals surface area contributed by atoms with E-state index in [-0.39, 0.29) is 0 Å². The van der Waals surface area contributed by atoms with E-state index in [1.165, 1.54) is 12.2 Å². The van der Waals surface area contributed by atoms with Crippen LogP contribution in [-0.2, 0) is 0 Å². The summed E-state index contributed by atoms with van der Waals surface area (Å²) >= 11 is 2.02. The van der Waals surface area contributed by atoms with E-state index in [2.05, 4.69) is 28.4 Å². The van der Waals surface area contributed by atoms with Gasteiger partial charge in [0.25, 0.3) is 5.89 Å². The molecule has 1 aromatic carbocycles. The van der Waals surface area contributed by atoms with Gasteiger partial charge < -0.3 is 9.84 Å². The third-order valence-corrected chi connectivity index (χ3v) is 4.73. The van der Waals surface area contributed by atoms with Gasteiger partial charge in [-0.25, -0.2) is 0 Å². The number of hydrogen-bond acceptors (Lipinski definition) is 5. The molecule has 4 nitrogen and oxygen atoms in total. The molecule has 0 bridgehead atoms. The van der Waals surface area contributed by atoms with E-state index in [9.17, 15) is 0 Å². The minimum absolute atomic E-state index is 0.509. The van der Waals surface area contributed by atoms with Crippen molar-refractivity contribution in [1.82, 2.24) is 10.1 Å². The number of para-hydroxylation sites is 1. The molecule has 1 N–H and O–H groups in total. The maximum absolute atomic E-state index is 5.28. The monoisotopic (exact) mass is 275 g/mol. The van der Waals surface area contributed by atoms with Crippen LogP contribution in [0.5, 0.6) is 0 Å². The molecule has 0 aliphatic carbocycles. The van der Waals surface area contributed by atoms with Crippen LogP contribution in [0.25, 0.3) is 11.5 Å². The number of anilines is 1. The van der Waals surface area contributed by atoms with Crippen LogP contribution in [0.3, 0.4) is 0 Å². The van der Waals surface area contributed by atoms with Gasteiger partial charge in [0.05, 0.1) is 5.56 Å². The molecule has 1 aliphatic heterocycles. The van der Waals surface area contributed by atoms with Gasteiger partial charge in [0, 0.05) is 17.0 Å². The summed E-state index contributed by atoms with van der Waals surface area (Å²) in [6, 6.07) is 8.62. The Morgan fingerprint density at radius 1 is 1.37 bits per heavy atom. The molecule has 5 heteroatoms. The fourth-order valence-corrected chi connectivity index (χ4v) is 3.52. The first-order valence-electron chi connectivity index (χ1n) is 6.52. The summed E-state index contributed by atoms with van der Waals surface area (Å²) in [7, 11) is 0. The number of thioether (sulfide) groups is 1. The van der Waals surface area contributed by atoms with Gasteiger partial charge in [-0.1, -0.05) is 24.2 Å². The van der Waals surface area contributed by atoms with Gasteiger partial charge in [0.2, 0.25) is 0 Å². The lowest BCUT2D eigenvalue weighted by molar-refractivity contribution is 0.425. The lowest BCUT2D eigenvalue weighted by Crippen LogP contribution is -2.24. The fourth-order valence-electron chi connectivity index (χ4n) is 2.32. The number of nitrogens with zero attached hydrogens (tertiary/aromatic N) is 2. The summed E-state index contributed by atoms with van der Waals surface area (Å²) in [5.74, 6) is 2.47. The van der Waals surface area contributed by atoms with Crippen molar-refractivity contribution in [2.24, 2.45) is 0 Å². The van der Waals surface area contributed by atoms with Crippen molar-refractivity contribution in [3.05, 3.63) is 30.1 Å². The maximum Gasteiger partial charge on any atom is 0.260 e. The topological polar surface area (TPSA) is 51.0 Å². The highest BCUT2D eigenvalue weighted by Crippen LogP contribution is 2.32. The number of rotatable bonds is 3. The zero-order chi connectivity index (χ0) is 13.2. The molecule has 1 aromatic heterocycles. The Hall–Kier alpha value is -1.49. The molecule has 1 saturated heterocycles. The van der Waals surface area contributed by atoms with Crippen LogP contribution in [0.2, 0.25) is 0 Å². The Morgan fingerprint density at radius 2 is 2.21 bits per heavy atom. The van der Waals surface area contributed by atoms with Crippen molar-refractivity contribution in [2.75, 3.05) is 11.1 Å². The molecular formula is C14H17N3OS. The zero-order valence-corrected chi connectivity index (χ0v) is 11.9. The zero-order valence-electron chi connectivity index (χ0n) is 11.1. The summed E-state index contributed by atoms with van der Waals surface area (Å²) in [5.41, 5.74) is 2.05. The quantitative estimate of drug-likeness (QED) is 0.931. The minimum atomic E-state index is 0.509. The van der Waals surface area contributed by atoms with E-state index in [0.717, 1.165) is 11.3 Å². The van der Waals surface area contributed by atoms with E-state index >= 15 is 0 Å². The second-order valence-electron chi connectivity index (χ2n) is 4.81. The molecule has 0 radical (unpaired) electrons. The van der Waals surface area contributed by atoms with Crippen LogP contribution in [0.4, 0.5) is 5.69 Å². The van der Waals surface area contributed by atoms with Crippen LogP contribution < -0.4 is 5.32 Å². The molecule has 1 aliphatic rings. The second kappa shape index (κ2) is 5.25. The summed E-state index contributed by atoms with van der Waals surface area (Å²) in [5, 5.41) is 8.12. The number of aromatic nitrogens is 2. The molecule has 2 unspecified atom stereocenters. The molecule has 2 heterocycles. The first-order chi connectivity index (χ1) is 9.24. The van der Waals surface area contributed by atoms with Crippen LogP contribution in [-0.4, -0.2) is 27.2 Å². The van der Waals surface area contributed by atoms with E-state index in [1.807, 2.05) is 36.9 Å². The van der Waals surface area contributed by atoms with Gasteiger partial charge in [0.15, 0.2) is 5.82 Å². The van der Waals surface area contributed by atoms with Crippen molar-refractivity contribution < 1.29 is 4.52 Å². The average molecular weight is 275 g/mol. The highest BCUT2D eigenvalue weighted by Gasteiger charge is 2.24. The van der Waals surface area contributed by atoms with Gasteiger partial charge in [-0.05, 0) is 31.2 Å². The predicted octanol–water partition coefficient (Wildman–Crippen LogP) is 3.35. The van der Waals surface area contributed by atoms with Crippen molar-refractivity contribution in [3.8, 4) is 11.5 Å². The number of aryl methyl sites for hydroxylation is 1. The number of nitrogens with one attached hydrogen (secondary N) is 1. The van der Waals surface area contributed by atoms with E-state index in [4.69, 9.17) is 4.52 Å². The van der Waals surface area contributed by atoms with Crippen molar-refractivity contribution >= 4 is 17.4 Å². The van der Waals surface area contributed by atoms with Crippen molar-refractivity contribution in [1.29, 1.82) is 0 Å². The fraction of sp³-hybridized carbons (Fsp3) is 0.429. The predicted molar refractivity (Wildman–Crippen MR) is 78.4 cm³/mol. The van der Waals surface area contributed by atoms with Crippen LogP contribution in [0, 0.1) is 6.92 Å². The third kappa shape index (κ3) is 2.61. The highest BCUT2D eigenvalue weighted by molar-refractivity contribution is 8.00. The van der Waals surface area contributed by atoms with Gasteiger partial charge in [-0.15, -0.1) is 0 Å². The standard InChI is InChI=1S/C14H17N3OS/c1-9-12(7-8-19-9)16-13-6-4-3-5-11(13)14-15-10(2)17-18-14/h3-6,9,12,16H,7-8H2,1-2H3. The molecular weight excluding hydrogens is 258 g/mol. The van der Waals surface area contributed by atoms with Crippen molar-refractivity contribution in [3.63, 3.8) is 0 Å². The summed E-state index contributed by atoms with van der Waals surface area (Å²) < 4.78 is 5.28. The van der Waals surface area contributed by atoms with Gasteiger partial charge >= 0.3 is 0 Å². The van der Waals surface area contributed by atoms with E-state index in [0.29, 0.717) is 23.0 Å². The van der Waals surface area contributed by atoms with Gasteiger partial charge in [-0.2, -0.15) is 16.7 Å². The van der Waals surface area contributed by atoms with Crippen molar-refractivity contribution in [2.45, 2.75) is 31.6 Å². The summed E-state index contributed by atoms with van der Waals surface area (Å²) in [6.45, 7) is 4.10. The number of benzene rings is 1. The Bertz CT molecular complexity index is 569. The van der Waals surface area contributed by atoms with Gasteiger partial charge in [-0.3, -0.25) is 0 Å². The number of hydrogen-bond donors (Lipinski definition) is 1. The lowest BCUT2D eigenvalue weighted by Gasteiger charge is -2.19. The minimum Gasteiger partial charge on any atom is -0.381 e. The second-order valence-corrected chi connectivity index (χ2v) is 6.29. The summed E-state index contributed by atoms with van der Waals surface area (Å²) in [4.78, 5) is 4.31. The SMILES string of the molecule is Cc1noc(-c2ccccc2NC2CCSC2C)n1. The molecule has 0 spiro atoms. The molecule has 1 fully saturated rings. The molecule has 2 atom stereocenters. The maximum atomic E-state index is 5.28. The Balaban J connectivity index is 1.89. The Kier molecular flexibility index (Phi) is 3.46. The highest BCUT2D eigenvalue weighted by atomic mass is 32.2. The lowest BCUT2D eigenvalue weighted by atomic mass is 10.1. The normalized spacial score (nSPS) is 22.6. The molecule has 100 valence electrons. The first kappa shape index (κ1) is 12.5. The Labute approximate surface area is 117 Å².